The van der Waals surface area contributed by atoms with Crippen molar-refractivity contribution in [3.63, 3.8) is 0 Å². The number of nitrogens with one attached hydrogen (secondary N) is 2. The van der Waals surface area contributed by atoms with Crippen LogP contribution in [0.4, 0.5) is 0 Å². The van der Waals surface area contributed by atoms with E-state index < -0.39 is 0 Å². The SMILES string of the molecule is OC1(C2CNC2)CCNC1. The van der Waals surface area contributed by atoms with Gasteiger partial charge in [-0.15, -0.1) is 0 Å². The molecule has 2 rings (SSSR count). The van der Waals surface area contributed by atoms with Crippen LogP contribution in [0.3, 0.4) is 0 Å². The summed E-state index contributed by atoms with van der Waals surface area (Å²) in [6.45, 7) is 3.77. The van der Waals surface area contributed by atoms with Crippen molar-refractivity contribution in [3.8, 4) is 0 Å². The zero-order chi connectivity index (χ0) is 7.03. The molecule has 0 radical (unpaired) electrons. The predicted octanol–water partition coefficient (Wildman–Crippen LogP) is -1.07. The largest absolute Gasteiger partial charge is 0.388 e. The van der Waals surface area contributed by atoms with E-state index in [1.807, 2.05) is 0 Å². The number of hydrogen-bond donors (Lipinski definition) is 3. The van der Waals surface area contributed by atoms with Gasteiger partial charge in [0.25, 0.3) is 0 Å². The Bertz CT molecular complexity index is 128. The Hall–Kier alpha value is -0.120. The van der Waals surface area contributed by atoms with Crippen LogP contribution in [0.25, 0.3) is 0 Å². The number of β-amino-alcohol motifs (C(OH)–C–C–N with tert-alkyl or cyclic N) is 1. The summed E-state index contributed by atoms with van der Waals surface area (Å²) in [6.07, 6.45) is 0.930. The van der Waals surface area contributed by atoms with Gasteiger partial charge in [0.1, 0.15) is 0 Å². The van der Waals surface area contributed by atoms with Crippen LogP contribution in [0.15, 0.2) is 0 Å². The minimum absolute atomic E-state index is 0.384. The molecule has 0 saturated carbocycles. The molecule has 3 N–H and O–H groups in total. The first-order chi connectivity index (χ1) is 4.81. The zero-order valence-electron chi connectivity index (χ0n) is 6.06. The van der Waals surface area contributed by atoms with E-state index >= 15 is 0 Å². The van der Waals surface area contributed by atoms with Crippen molar-refractivity contribution in [2.45, 2.75) is 12.0 Å². The highest BCUT2D eigenvalue weighted by atomic mass is 16.3. The van der Waals surface area contributed by atoms with E-state index in [-0.39, 0.29) is 5.60 Å². The highest BCUT2D eigenvalue weighted by Crippen LogP contribution is 2.26. The molecule has 0 aromatic heterocycles. The summed E-state index contributed by atoms with van der Waals surface area (Å²) in [5, 5.41) is 16.3. The average molecular weight is 142 g/mol. The molecule has 0 aliphatic carbocycles. The first kappa shape index (κ1) is 6.58. The molecule has 3 heteroatoms. The van der Waals surface area contributed by atoms with Crippen LogP contribution in [0.2, 0.25) is 0 Å². The second kappa shape index (κ2) is 2.19. The third-order valence-electron chi connectivity index (χ3n) is 2.71. The number of rotatable bonds is 1. The van der Waals surface area contributed by atoms with Gasteiger partial charge in [0.2, 0.25) is 0 Å². The fourth-order valence-electron chi connectivity index (χ4n) is 1.72. The van der Waals surface area contributed by atoms with Crippen molar-refractivity contribution in [2.24, 2.45) is 5.92 Å². The molecule has 0 spiro atoms. The van der Waals surface area contributed by atoms with Crippen LogP contribution in [0, 0.1) is 5.92 Å². The maximum atomic E-state index is 9.91. The zero-order valence-corrected chi connectivity index (χ0v) is 6.06. The van der Waals surface area contributed by atoms with Gasteiger partial charge in [-0.3, -0.25) is 0 Å². The normalized spacial score (nSPS) is 41.7. The molecule has 58 valence electrons. The van der Waals surface area contributed by atoms with Gasteiger partial charge in [-0.1, -0.05) is 0 Å². The highest BCUT2D eigenvalue weighted by Gasteiger charge is 2.41. The van der Waals surface area contributed by atoms with Gasteiger partial charge in [0, 0.05) is 25.6 Å². The summed E-state index contributed by atoms with van der Waals surface area (Å²) in [4.78, 5) is 0. The molecular weight excluding hydrogens is 128 g/mol. The molecule has 1 atom stereocenters. The monoisotopic (exact) mass is 142 g/mol. The molecule has 0 bridgehead atoms. The molecule has 0 aromatic rings. The smallest absolute Gasteiger partial charge is 0.0835 e. The highest BCUT2D eigenvalue weighted by molar-refractivity contribution is 4.98. The van der Waals surface area contributed by atoms with Gasteiger partial charge in [-0.25, -0.2) is 0 Å². The summed E-state index contributed by atoms with van der Waals surface area (Å²) in [6, 6.07) is 0. The Morgan fingerprint density at radius 2 is 2.10 bits per heavy atom. The standard InChI is InChI=1S/C7H14N2O/c10-7(1-2-8-5-7)6-3-9-4-6/h6,8-10H,1-5H2. The Morgan fingerprint density at radius 3 is 2.50 bits per heavy atom. The van der Waals surface area contributed by atoms with Crippen LogP contribution in [0.5, 0.6) is 0 Å². The van der Waals surface area contributed by atoms with Crippen molar-refractivity contribution >= 4 is 0 Å². The van der Waals surface area contributed by atoms with Crippen molar-refractivity contribution in [2.75, 3.05) is 26.2 Å². The van der Waals surface area contributed by atoms with E-state index in [4.69, 9.17) is 0 Å². The van der Waals surface area contributed by atoms with Crippen LogP contribution < -0.4 is 10.6 Å². The predicted molar refractivity (Wildman–Crippen MR) is 38.8 cm³/mol. The second-order valence-corrected chi connectivity index (χ2v) is 3.39. The lowest BCUT2D eigenvalue weighted by atomic mass is 9.82. The molecule has 2 saturated heterocycles. The third kappa shape index (κ3) is 0.856. The summed E-state index contributed by atoms with van der Waals surface area (Å²) in [5.41, 5.74) is -0.384. The Labute approximate surface area is 60.8 Å². The lowest BCUT2D eigenvalue weighted by Gasteiger charge is -2.38. The molecule has 2 heterocycles. The van der Waals surface area contributed by atoms with Crippen LogP contribution in [0.1, 0.15) is 6.42 Å². The van der Waals surface area contributed by atoms with Crippen molar-refractivity contribution in [1.29, 1.82) is 0 Å². The molecule has 10 heavy (non-hydrogen) atoms. The minimum Gasteiger partial charge on any atom is -0.388 e. The first-order valence-corrected chi connectivity index (χ1v) is 3.95. The fraction of sp³-hybridized carbons (Fsp3) is 1.00. The summed E-state index contributed by atoms with van der Waals surface area (Å²) in [5.74, 6) is 0.502. The maximum absolute atomic E-state index is 9.91. The van der Waals surface area contributed by atoms with Crippen molar-refractivity contribution in [3.05, 3.63) is 0 Å². The van der Waals surface area contributed by atoms with Crippen LogP contribution >= 0.6 is 0 Å². The molecule has 2 fully saturated rings. The molecular formula is C7H14N2O. The van der Waals surface area contributed by atoms with E-state index in [2.05, 4.69) is 10.6 Å². The number of hydrogen-bond acceptors (Lipinski definition) is 3. The van der Waals surface area contributed by atoms with Gasteiger partial charge in [-0.05, 0) is 13.0 Å². The Kier molecular flexibility index (Phi) is 1.44. The molecule has 2 aliphatic rings. The fourth-order valence-corrected chi connectivity index (χ4v) is 1.72. The number of aliphatic hydroxyl groups is 1. The summed E-state index contributed by atoms with van der Waals surface area (Å²) >= 11 is 0. The third-order valence-corrected chi connectivity index (χ3v) is 2.71. The Balaban J connectivity index is 1.98. The first-order valence-electron chi connectivity index (χ1n) is 3.95. The van der Waals surface area contributed by atoms with Crippen molar-refractivity contribution in [1.82, 2.24) is 10.6 Å². The maximum Gasteiger partial charge on any atom is 0.0835 e. The van der Waals surface area contributed by atoms with Gasteiger partial charge in [0.05, 0.1) is 5.60 Å². The van der Waals surface area contributed by atoms with E-state index in [1.165, 1.54) is 0 Å². The summed E-state index contributed by atoms with van der Waals surface area (Å²) in [7, 11) is 0. The lowest BCUT2D eigenvalue weighted by molar-refractivity contribution is -0.0212. The van der Waals surface area contributed by atoms with Gasteiger partial charge in [-0.2, -0.15) is 0 Å². The van der Waals surface area contributed by atoms with Gasteiger partial charge in [0.15, 0.2) is 0 Å². The van der Waals surface area contributed by atoms with E-state index in [0.717, 1.165) is 32.6 Å². The molecule has 0 amide bonds. The molecule has 2 aliphatic heterocycles. The summed E-state index contributed by atoms with van der Waals surface area (Å²) < 4.78 is 0. The van der Waals surface area contributed by atoms with E-state index in [0.29, 0.717) is 5.92 Å². The lowest BCUT2D eigenvalue weighted by Crippen LogP contribution is -2.56. The molecule has 1 unspecified atom stereocenters. The van der Waals surface area contributed by atoms with Gasteiger partial charge < -0.3 is 15.7 Å². The van der Waals surface area contributed by atoms with Crippen LogP contribution in [-0.2, 0) is 0 Å². The van der Waals surface area contributed by atoms with E-state index in [1.54, 1.807) is 0 Å². The minimum atomic E-state index is -0.384. The van der Waals surface area contributed by atoms with Crippen LogP contribution in [-0.4, -0.2) is 36.9 Å². The average Bonchev–Trinajstić information content (AvgIpc) is 2.09. The Morgan fingerprint density at radius 1 is 1.30 bits per heavy atom. The second-order valence-electron chi connectivity index (χ2n) is 3.39. The molecule has 0 aromatic carbocycles. The quantitative estimate of drug-likeness (QED) is 0.437. The molecule has 3 nitrogen and oxygen atoms in total. The van der Waals surface area contributed by atoms with E-state index in [9.17, 15) is 5.11 Å². The van der Waals surface area contributed by atoms with Crippen molar-refractivity contribution < 1.29 is 5.11 Å². The topological polar surface area (TPSA) is 44.3 Å². The van der Waals surface area contributed by atoms with Gasteiger partial charge >= 0.3 is 0 Å².